The number of hydrogen-bond acceptors (Lipinski definition) is 3. The summed E-state index contributed by atoms with van der Waals surface area (Å²) in [5, 5.41) is 4.54. The monoisotopic (exact) mass is 263 g/mol. The summed E-state index contributed by atoms with van der Waals surface area (Å²) in [5.41, 5.74) is 3.46. The number of hydrogen-bond donors (Lipinski definition) is 1. The lowest BCUT2D eigenvalue weighted by Gasteiger charge is -2.16. The van der Waals surface area contributed by atoms with Crippen LogP contribution in [-0.4, -0.2) is 17.0 Å². The highest BCUT2D eigenvalue weighted by Gasteiger charge is 2.11. The van der Waals surface area contributed by atoms with Crippen molar-refractivity contribution in [1.29, 1.82) is 0 Å². The Balaban J connectivity index is 1.91. The van der Waals surface area contributed by atoms with Gasteiger partial charge in [0.25, 0.3) is 0 Å². The molecule has 3 rings (SSSR count). The van der Waals surface area contributed by atoms with Crippen LogP contribution in [0.5, 0.6) is 0 Å². The van der Waals surface area contributed by atoms with E-state index in [1.807, 2.05) is 43.7 Å². The zero-order valence-electron chi connectivity index (χ0n) is 11.5. The number of rotatable bonds is 4. The Morgan fingerprint density at radius 1 is 1.10 bits per heavy atom. The van der Waals surface area contributed by atoms with Crippen LogP contribution in [0.1, 0.15) is 17.2 Å². The van der Waals surface area contributed by atoms with Gasteiger partial charge in [-0.3, -0.25) is 9.97 Å². The lowest BCUT2D eigenvalue weighted by atomic mass is 10.00. The van der Waals surface area contributed by atoms with Crippen LogP contribution in [0.25, 0.3) is 10.9 Å². The van der Waals surface area contributed by atoms with E-state index in [9.17, 15) is 0 Å². The summed E-state index contributed by atoms with van der Waals surface area (Å²) in [6, 6.07) is 14.7. The molecule has 1 N–H and O–H groups in total. The second-order valence-corrected chi connectivity index (χ2v) is 4.87. The first kappa shape index (κ1) is 12.8. The molecule has 0 aliphatic carbocycles. The van der Waals surface area contributed by atoms with Gasteiger partial charge in [0.15, 0.2) is 0 Å². The average Bonchev–Trinajstić information content (AvgIpc) is 2.53. The lowest BCUT2D eigenvalue weighted by Crippen LogP contribution is -2.19. The van der Waals surface area contributed by atoms with Crippen LogP contribution >= 0.6 is 0 Å². The summed E-state index contributed by atoms with van der Waals surface area (Å²) in [4.78, 5) is 8.71. The van der Waals surface area contributed by atoms with E-state index in [2.05, 4.69) is 33.5 Å². The highest BCUT2D eigenvalue weighted by Crippen LogP contribution is 2.21. The molecular weight excluding hydrogens is 246 g/mol. The second-order valence-electron chi connectivity index (χ2n) is 4.87. The minimum Gasteiger partial charge on any atom is -0.313 e. The predicted molar refractivity (Wildman–Crippen MR) is 81.5 cm³/mol. The summed E-state index contributed by atoms with van der Waals surface area (Å²) in [7, 11) is 1.98. The number of benzene rings is 1. The molecule has 20 heavy (non-hydrogen) atoms. The van der Waals surface area contributed by atoms with Gasteiger partial charge >= 0.3 is 0 Å². The third kappa shape index (κ3) is 2.68. The molecule has 0 saturated heterocycles. The largest absolute Gasteiger partial charge is 0.313 e. The molecule has 1 unspecified atom stereocenters. The van der Waals surface area contributed by atoms with Crippen molar-refractivity contribution < 1.29 is 0 Å². The van der Waals surface area contributed by atoms with Gasteiger partial charge in [-0.25, -0.2) is 0 Å². The molecular formula is C17H17N3. The second kappa shape index (κ2) is 5.80. The van der Waals surface area contributed by atoms with Gasteiger partial charge in [-0.1, -0.05) is 24.3 Å². The van der Waals surface area contributed by atoms with Crippen LogP contribution in [0.15, 0.2) is 61.1 Å². The first-order chi connectivity index (χ1) is 9.86. The van der Waals surface area contributed by atoms with E-state index in [0.717, 1.165) is 11.9 Å². The van der Waals surface area contributed by atoms with E-state index >= 15 is 0 Å². The summed E-state index contributed by atoms with van der Waals surface area (Å²) < 4.78 is 0. The van der Waals surface area contributed by atoms with Crippen molar-refractivity contribution in [2.24, 2.45) is 0 Å². The van der Waals surface area contributed by atoms with Crippen molar-refractivity contribution >= 4 is 10.9 Å². The molecule has 3 aromatic rings. The number of aromatic nitrogens is 2. The van der Waals surface area contributed by atoms with Crippen molar-refractivity contribution in [2.45, 2.75) is 12.5 Å². The summed E-state index contributed by atoms with van der Waals surface area (Å²) in [6.07, 6.45) is 6.58. The fourth-order valence-corrected chi connectivity index (χ4v) is 2.42. The number of para-hydroxylation sites is 1. The molecule has 1 atom stereocenters. The maximum atomic E-state index is 4.54. The average molecular weight is 263 g/mol. The van der Waals surface area contributed by atoms with Crippen molar-refractivity contribution in [1.82, 2.24) is 15.3 Å². The standard InChI is InChI=1S/C17H17N3/c1-18-17(9-13-5-4-8-19-11-13)15-10-14-6-2-3-7-16(14)20-12-15/h2-8,10-12,17-18H,9H2,1H3. The normalized spacial score (nSPS) is 12.4. The topological polar surface area (TPSA) is 37.8 Å². The van der Waals surface area contributed by atoms with Crippen LogP contribution in [0.2, 0.25) is 0 Å². The lowest BCUT2D eigenvalue weighted by molar-refractivity contribution is 0.590. The summed E-state index contributed by atoms with van der Waals surface area (Å²) in [5.74, 6) is 0. The Labute approximate surface area is 118 Å². The van der Waals surface area contributed by atoms with E-state index in [0.29, 0.717) is 0 Å². The van der Waals surface area contributed by atoms with Gasteiger partial charge in [0, 0.05) is 30.0 Å². The predicted octanol–water partition coefficient (Wildman–Crippen LogP) is 3.13. The van der Waals surface area contributed by atoms with E-state index in [1.165, 1.54) is 16.5 Å². The number of pyridine rings is 2. The molecule has 2 aromatic heterocycles. The van der Waals surface area contributed by atoms with Crippen molar-refractivity contribution in [2.75, 3.05) is 7.05 Å². The zero-order valence-corrected chi connectivity index (χ0v) is 11.5. The third-order valence-corrected chi connectivity index (χ3v) is 3.53. The molecule has 100 valence electrons. The first-order valence-corrected chi connectivity index (χ1v) is 6.77. The Bertz CT molecular complexity index is 695. The van der Waals surface area contributed by atoms with Gasteiger partial charge in [-0.2, -0.15) is 0 Å². The molecule has 0 radical (unpaired) electrons. The van der Waals surface area contributed by atoms with E-state index in [-0.39, 0.29) is 6.04 Å². The van der Waals surface area contributed by atoms with Gasteiger partial charge in [0.2, 0.25) is 0 Å². The number of fused-ring (bicyclic) bond motifs is 1. The molecule has 0 aliphatic heterocycles. The highest BCUT2D eigenvalue weighted by molar-refractivity contribution is 5.78. The van der Waals surface area contributed by atoms with Crippen LogP contribution in [0.3, 0.4) is 0 Å². The number of nitrogens with one attached hydrogen (secondary N) is 1. The van der Waals surface area contributed by atoms with Gasteiger partial charge < -0.3 is 5.32 Å². The van der Waals surface area contributed by atoms with Gasteiger partial charge in [-0.05, 0) is 42.8 Å². The van der Waals surface area contributed by atoms with Crippen molar-refractivity contribution in [3.05, 3.63) is 72.2 Å². The fourth-order valence-electron chi connectivity index (χ4n) is 2.42. The Hall–Kier alpha value is -2.26. The molecule has 0 saturated carbocycles. The van der Waals surface area contributed by atoms with Crippen LogP contribution < -0.4 is 5.32 Å². The summed E-state index contributed by atoms with van der Waals surface area (Å²) in [6.45, 7) is 0. The van der Waals surface area contributed by atoms with Crippen LogP contribution in [-0.2, 0) is 6.42 Å². The Morgan fingerprint density at radius 2 is 2.00 bits per heavy atom. The molecule has 3 heteroatoms. The van der Waals surface area contributed by atoms with Crippen LogP contribution in [0.4, 0.5) is 0 Å². The number of nitrogens with zero attached hydrogens (tertiary/aromatic N) is 2. The van der Waals surface area contributed by atoms with Crippen molar-refractivity contribution in [3.63, 3.8) is 0 Å². The maximum Gasteiger partial charge on any atom is 0.0702 e. The number of likely N-dealkylation sites (N-methyl/N-ethyl adjacent to an activating group) is 1. The molecule has 0 bridgehead atoms. The molecule has 1 aromatic carbocycles. The van der Waals surface area contributed by atoms with Crippen molar-refractivity contribution in [3.8, 4) is 0 Å². The minimum absolute atomic E-state index is 0.247. The Morgan fingerprint density at radius 3 is 2.80 bits per heavy atom. The SMILES string of the molecule is CNC(Cc1cccnc1)c1cnc2ccccc2c1. The highest BCUT2D eigenvalue weighted by atomic mass is 14.9. The maximum absolute atomic E-state index is 4.54. The molecule has 3 nitrogen and oxygen atoms in total. The molecule has 0 fully saturated rings. The van der Waals surface area contributed by atoms with Crippen LogP contribution in [0, 0.1) is 0 Å². The van der Waals surface area contributed by atoms with Gasteiger partial charge in [0.05, 0.1) is 5.52 Å². The molecule has 0 aliphatic rings. The zero-order chi connectivity index (χ0) is 13.8. The molecule has 0 spiro atoms. The van der Waals surface area contributed by atoms with E-state index in [1.54, 1.807) is 6.20 Å². The van der Waals surface area contributed by atoms with Gasteiger partial charge in [-0.15, -0.1) is 0 Å². The minimum atomic E-state index is 0.247. The quantitative estimate of drug-likeness (QED) is 0.786. The van der Waals surface area contributed by atoms with E-state index in [4.69, 9.17) is 0 Å². The smallest absolute Gasteiger partial charge is 0.0702 e. The molecule has 2 heterocycles. The molecule has 0 amide bonds. The first-order valence-electron chi connectivity index (χ1n) is 6.77. The third-order valence-electron chi connectivity index (χ3n) is 3.53. The summed E-state index contributed by atoms with van der Waals surface area (Å²) >= 11 is 0. The van der Waals surface area contributed by atoms with E-state index < -0.39 is 0 Å². The Kier molecular flexibility index (Phi) is 3.70. The van der Waals surface area contributed by atoms with Gasteiger partial charge in [0.1, 0.15) is 0 Å². The fraction of sp³-hybridized carbons (Fsp3) is 0.176.